The van der Waals surface area contributed by atoms with Gasteiger partial charge in [0.25, 0.3) is 10.0 Å². The summed E-state index contributed by atoms with van der Waals surface area (Å²) >= 11 is 0. The van der Waals surface area contributed by atoms with E-state index in [-0.39, 0.29) is 18.8 Å². The van der Waals surface area contributed by atoms with Crippen molar-refractivity contribution < 1.29 is 45.0 Å². The number of carboxylic acid groups (broad SMARTS) is 1. The van der Waals surface area contributed by atoms with Gasteiger partial charge < -0.3 is 15.2 Å². The topological polar surface area (TPSA) is 114 Å². The molecule has 0 unspecified atom stereocenters. The molecule has 1 amide bonds. The summed E-state index contributed by atoms with van der Waals surface area (Å²) in [6.45, 7) is -0.235. The maximum atomic E-state index is 14.4. The minimum Gasteiger partial charge on any atom is -0.465 e. The number of hydrogen-bond acceptors (Lipinski definition) is 6. The first-order valence-electron chi connectivity index (χ1n) is 9.92. The van der Waals surface area contributed by atoms with E-state index in [0.717, 1.165) is 22.5 Å². The summed E-state index contributed by atoms with van der Waals surface area (Å²) in [5, 5.41) is 15.2. The summed E-state index contributed by atoms with van der Waals surface area (Å²) in [6, 6.07) is -0.570. The Kier molecular flexibility index (Phi) is 6.06. The zero-order chi connectivity index (χ0) is 25.0. The van der Waals surface area contributed by atoms with Crippen LogP contribution in [-0.4, -0.2) is 64.3 Å². The molecule has 2 aliphatic rings. The summed E-state index contributed by atoms with van der Waals surface area (Å²) in [5.74, 6) is -1.97. The fourth-order valence-corrected chi connectivity index (χ4v) is 4.92. The van der Waals surface area contributed by atoms with Gasteiger partial charge in [0.05, 0.1) is 18.0 Å². The standard InChI is InChI=1S/C19H19F5N4O5S/c1-34(31,32)28-7-9-6-27(8-14(9)26-28)15-5-13(25-18(29)30)16(33-17(15)19(22,23)24)11-4-10(20)2-3-12(11)21/h2-4,7,13,15-17,25H,5-6,8H2,1H3,(H,29,30)/t13-,15+,16+,17-/m0/s1. The van der Waals surface area contributed by atoms with Gasteiger partial charge >= 0.3 is 12.3 Å². The van der Waals surface area contributed by atoms with Crippen LogP contribution in [0, 0.1) is 11.6 Å². The number of aromatic nitrogens is 2. The largest absolute Gasteiger partial charge is 0.465 e. The lowest BCUT2D eigenvalue weighted by molar-refractivity contribution is -0.270. The average Bonchev–Trinajstić information content (AvgIpc) is 3.27. The number of fused-ring (bicyclic) bond motifs is 1. The van der Waals surface area contributed by atoms with Crippen molar-refractivity contribution in [1.29, 1.82) is 0 Å². The molecule has 0 radical (unpaired) electrons. The maximum absolute atomic E-state index is 14.4. The van der Waals surface area contributed by atoms with Crippen molar-refractivity contribution in [2.24, 2.45) is 0 Å². The van der Waals surface area contributed by atoms with Crippen molar-refractivity contribution in [2.75, 3.05) is 6.26 Å². The third-order valence-corrected chi connectivity index (χ3v) is 6.66. The molecule has 0 spiro atoms. The first-order chi connectivity index (χ1) is 15.7. The minimum atomic E-state index is -4.92. The van der Waals surface area contributed by atoms with Gasteiger partial charge in [-0.3, -0.25) is 4.90 Å². The highest BCUT2D eigenvalue weighted by Gasteiger charge is 2.55. The zero-order valence-electron chi connectivity index (χ0n) is 17.5. The normalized spacial score (nSPS) is 25.8. The van der Waals surface area contributed by atoms with Crippen LogP contribution in [0.3, 0.4) is 0 Å². The summed E-state index contributed by atoms with van der Waals surface area (Å²) in [6.07, 6.45) is -9.01. The van der Waals surface area contributed by atoms with Gasteiger partial charge in [0.1, 0.15) is 17.7 Å². The lowest BCUT2D eigenvalue weighted by Gasteiger charge is -2.45. The molecule has 186 valence electrons. The monoisotopic (exact) mass is 510 g/mol. The van der Waals surface area contributed by atoms with E-state index in [9.17, 15) is 40.3 Å². The third-order valence-electron chi connectivity index (χ3n) is 5.79. The molecule has 2 aliphatic heterocycles. The Morgan fingerprint density at radius 2 is 1.97 bits per heavy atom. The van der Waals surface area contributed by atoms with Crippen molar-refractivity contribution >= 4 is 16.1 Å². The molecule has 2 aromatic rings. The van der Waals surface area contributed by atoms with E-state index in [2.05, 4.69) is 10.4 Å². The number of ether oxygens (including phenoxy) is 1. The van der Waals surface area contributed by atoms with E-state index < -0.39 is 70.2 Å². The Balaban J connectivity index is 1.67. The Morgan fingerprint density at radius 3 is 2.56 bits per heavy atom. The van der Waals surface area contributed by atoms with Crippen molar-refractivity contribution in [3.8, 4) is 0 Å². The lowest BCUT2D eigenvalue weighted by Crippen LogP contribution is -2.59. The number of hydrogen-bond donors (Lipinski definition) is 2. The number of rotatable bonds is 4. The summed E-state index contributed by atoms with van der Waals surface area (Å²) < 4.78 is 99.5. The molecular weight excluding hydrogens is 491 g/mol. The predicted octanol–water partition coefficient (Wildman–Crippen LogP) is 2.38. The minimum absolute atomic E-state index is 0.0930. The smallest absolute Gasteiger partial charge is 0.416 e. The molecule has 1 saturated heterocycles. The quantitative estimate of drug-likeness (QED) is 0.608. The maximum Gasteiger partial charge on any atom is 0.416 e. The fraction of sp³-hybridized carbons (Fsp3) is 0.474. The molecule has 1 aromatic carbocycles. The predicted molar refractivity (Wildman–Crippen MR) is 105 cm³/mol. The van der Waals surface area contributed by atoms with Crippen LogP contribution in [0.5, 0.6) is 0 Å². The van der Waals surface area contributed by atoms with Crippen molar-refractivity contribution in [3.63, 3.8) is 0 Å². The highest BCUT2D eigenvalue weighted by Crippen LogP contribution is 2.43. The molecule has 4 rings (SSSR count). The number of carbonyl (C=O) groups is 1. The molecule has 2 N–H and O–H groups in total. The zero-order valence-corrected chi connectivity index (χ0v) is 18.3. The number of nitrogens with one attached hydrogen (secondary N) is 1. The van der Waals surface area contributed by atoms with Gasteiger partial charge in [-0.05, 0) is 24.6 Å². The van der Waals surface area contributed by atoms with E-state index in [0.29, 0.717) is 11.6 Å². The second-order valence-electron chi connectivity index (χ2n) is 8.19. The summed E-state index contributed by atoms with van der Waals surface area (Å²) in [4.78, 5) is 12.7. The van der Waals surface area contributed by atoms with E-state index in [1.807, 2.05) is 0 Å². The Hall–Kier alpha value is -2.78. The van der Waals surface area contributed by atoms with Crippen LogP contribution in [0.15, 0.2) is 24.4 Å². The van der Waals surface area contributed by atoms with Crippen LogP contribution in [-0.2, 0) is 27.8 Å². The molecule has 9 nitrogen and oxygen atoms in total. The van der Waals surface area contributed by atoms with Gasteiger partial charge in [0.2, 0.25) is 0 Å². The second-order valence-corrected chi connectivity index (χ2v) is 10.0. The molecular formula is C19H19F5N4O5S. The Labute approximate surface area is 190 Å². The fourth-order valence-electron chi connectivity index (χ4n) is 4.36. The third kappa shape index (κ3) is 4.72. The Bertz CT molecular complexity index is 1190. The van der Waals surface area contributed by atoms with Gasteiger partial charge in [-0.25, -0.2) is 22.0 Å². The van der Waals surface area contributed by atoms with Crippen LogP contribution in [0.2, 0.25) is 0 Å². The Morgan fingerprint density at radius 1 is 1.26 bits per heavy atom. The van der Waals surface area contributed by atoms with Crippen molar-refractivity contribution in [3.05, 3.63) is 52.9 Å². The molecule has 1 aromatic heterocycles. The SMILES string of the molecule is CS(=O)(=O)n1cc2c(n1)CN([C@@H]1C[C@H](NC(=O)O)[C@@H](c3cc(F)ccc3F)O[C@@H]1C(F)(F)F)C2. The van der Waals surface area contributed by atoms with Gasteiger partial charge in [0, 0.05) is 36.5 Å². The first-order valence-corrected chi connectivity index (χ1v) is 11.8. The van der Waals surface area contributed by atoms with Crippen LogP contribution in [0.25, 0.3) is 0 Å². The highest BCUT2D eigenvalue weighted by atomic mass is 32.2. The highest BCUT2D eigenvalue weighted by molar-refractivity contribution is 7.89. The van der Waals surface area contributed by atoms with E-state index in [1.54, 1.807) is 0 Å². The molecule has 15 heteroatoms. The number of nitrogens with zero attached hydrogens (tertiary/aromatic N) is 3. The van der Waals surface area contributed by atoms with Crippen LogP contribution in [0.4, 0.5) is 26.7 Å². The number of alkyl halides is 3. The van der Waals surface area contributed by atoms with Gasteiger partial charge in [0.15, 0.2) is 6.10 Å². The molecule has 3 heterocycles. The molecule has 0 aliphatic carbocycles. The van der Waals surface area contributed by atoms with Crippen molar-refractivity contribution in [1.82, 2.24) is 19.4 Å². The molecule has 34 heavy (non-hydrogen) atoms. The molecule has 0 bridgehead atoms. The number of amides is 1. The first kappa shape index (κ1) is 24.3. The van der Waals surface area contributed by atoms with Gasteiger partial charge in [-0.15, -0.1) is 0 Å². The van der Waals surface area contributed by atoms with E-state index >= 15 is 0 Å². The molecule has 0 saturated carbocycles. The van der Waals surface area contributed by atoms with Crippen LogP contribution in [0.1, 0.15) is 29.3 Å². The molecule has 4 atom stereocenters. The molecule has 1 fully saturated rings. The summed E-state index contributed by atoms with van der Waals surface area (Å²) in [5.41, 5.74) is 0.111. The van der Waals surface area contributed by atoms with Crippen LogP contribution >= 0.6 is 0 Å². The van der Waals surface area contributed by atoms with E-state index in [4.69, 9.17) is 4.74 Å². The van der Waals surface area contributed by atoms with Crippen LogP contribution < -0.4 is 5.32 Å². The van der Waals surface area contributed by atoms with Crippen molar-refractivity contribution in [2.45, 2.75) is 50.0 Å². The number of benzene rings is 1. The average molecular weight is 510 g/mol. The lowest BCUT2D eigenvalue weighted by atomic mass is 9.88. The number of halogens is 5. The van der Waals surface area contributed by atoms with Gasteiger partial charge in [-0.2, -0.15) is 22.4 Å². The summed E-state index contributed by atoms with van der Waals surface area (Å²) in [7, 11) is -3.68. The second kappa shape index (κ2) is 8.46. The van der Waals surface area contributed by atoms with Gasteiger partial charge in [-0.1, -0.05) is 0 Å². The van der Waals surface area contributed by atoms with E-state index in [1.165, 1.54) is 11.1 Å².